The Bertz CT molecular complexity index is 784. The second-order valence-electron chi connectivity index (χ2n) is 5.68. The van der Waals surface area contributed by atoms with Crippen LogP contribution in [0, 0.1) is 39.9 Å². The van der Waals surface area contributed by atoms with Crippen molar-refractivity contribution in [2.45, 2.75) is 19.8 Å². The first kappa shape index (κ1) is 18.0. The molecule has 25 heavy (non-hydrogen) atoms. The molecule has 1 aliphatic heterocycles. The summed E-state index contributed by atoms with van der Waals surface area (Å²) in [4.78, 5) is 13.9. The summed E-state index contributed by atoms with van der Waals surface area (Å²) in [7, 11) is 0. The van der Waals surface area contributed by atoms with Gasteiger partial charge in [-0.3, -0.25) is 4.79 Å². The van der Waals surface area contributed by atoms with Crippen molar-refractivity contribution in [3.63, 3.8) is 0 Å². The van der Waals surface area contributed by atoms with Gasteiger partial charge in [0.2, 0.25) is 0 Å². The third kappa shape index (κ3) is 4.37. The normalized spacial score (nSPS) is 13.9. The highest BCUT2D eigenvalue weighted by molar-refractivity contribution is 5.73. The van der Waals surface area contributed by atoms with E-state index in [1.807, 2.05) is 6.07 Å². The van der Waals surface area contributed by atoms with Gasteiger partial charge in [0.1, 0.15) is 23.8 Å². The lowest BCUT2D eigenvalue weighted by molar-refractivity contribution is -0.148. The highest BCUT2D eigenvalue weighted by Crippen LogP contribution is 2.28. The Balaban J connectivity index is 2.15. The predicted octanol–water partition coefficient (Wildman–Crippen LogP) is 2.77. The third-order valence-corrected chi connectivity index (χ3v) is 4.15. The first-order valence-corrected chi connectivity index (χ1v) is 8.10. The number of rotatable bonds is 4. The monoisotopic (exact) mass is 334 g/mol. The molecule has 0 aromatic heterocycles. The molecule has 0 amide bonds. The first-order valence-electron chi connectivity index (χ1n) is 8.10. The van der Waals surface area contributed by atoms with E-state index in [1.165, 1.54) is 6.08 Å². The van der Waals surface area contributed by atoms with Crippen molar-refractivity contribution in [2.75, 3.05) is 24.6 Å². The SMILES string of the molecule is CCOC(=O)C1CCN(c2ccc(C=C(C#N)C#N)cc2C#N)CC1. The Morgan fingerprint density at radius 3 is 2.52 bits per heavy atom. The summed E-state index contributed by atoms with van der Waals surface area (Å²) in [6, 6.07) is 11.0. The molecule has 0 atom stereocenters. The molecular weight excluding hydrogens is 316 g/mol. The molecule has 1 heterocycles. The van der Waals surface area contributed by atoms with E-state index in [0.29, 0.717) is 43.7 Å². The average molecular weight is 334 g/mol. The molecule has 0 radical (unpaired) electrons. The number of benzene rings is 1. The van der Waals surface area contributed by atoms with Gasteiger partial charge in [-0.15, -0.1) is 0 Å². The molecule has 0 spiro atoms. The fourth-order valence-corrected chi connectivity index (χ4v) is 2.88. The lowest BCUT2D eigenvalue weighted by Gasteiger charge is -2.33. The molecule has 6 nitrogen and oxygen atoms in total. The number of carbonyl (C=O) groups is 1. The molecule has 0 N–H and O–H groups in total. The molecule has 1 aliphatic rings. The maximum absolute atomic E-state index is 11.8. The van der Waals surface area contributed by atoms with Crippen molar-refractivity contribution < 1.29 is 9.53 Å². The zero-order valence-corrected chi connectivity index (χ0v) is 14.0. The van der Waals surface area contributed by atoms with Gasteiger partial charge < -0.3 is 9.64 Å². The average Bonchev–Trinajstić information content (AvgIpc) is 2.66. The van der Waals surface area contributed by atoms with Crippen LogP contribution >= 0.6 is 0 Å². The minimum absolute atomic E-state index is 0.00751. The number of anilines is 1. The summed E-state index contributed by atoms with van der Waals surface area (Å²) in [6.45, 7) is 3.54. The van der Waals surface area contributed by atoms with Crippen molar-refractivity contribution in [2.24, 2.45) is 5.92 Å². The van der Waals surface area contributed by atoms with E-state index in [1.54, 1.807) is 31.2 Å². The van der Waals surface area contributed by atoms with Gasteiger partial charge in [0.25, 0.3) is 0 Å². The van der Waals surface area contributed by atoms with Gasteiger partial charge in [0.05, 0.1) is 23.8 Å². The quantitative estimate of drug-likeness (QED) is 0.620. The van der Waals surface area contributed by atoms with Crippen LogP contribution < -0.4 is 4.90 Å². The highest BCUT2D eigenvalue weighted by Gasteiger charge is 2.27. The number of hydrogen-bond acceptors (Lipinski definition) is 6. The molecule has 0 saturated carbocycles. The maximum Gasteiger partial charge on any atom is 0.309 e. The minimum Gasteiger partial charge on any atom is -0.466 e. The van der Waals surface area contributed by atoms with E-state index >= 15 is 0 Å². The van der Waals surface area contributed by atoms with Gasteiger partial charge in [-0.2, -0.15) is 15.8 Å². The Morgan fingerprint density at radius 1 is 1.28 bits per heavy atom. The summed E-state index contributed by atoms with van der Waals surface area (Å²) in [5.74, 6) is -0.235. The van der Waals surface area contributed by atoms with Gasteiger partial charge in [0, 0.05) is 13.1 Å². The molecule has 0 bridgehead atoms. The molecule has 1 saturated heterocycles. The van der Waals surface area contributed by atoms with Crippen LogP contribution in [-0.4, -0.2) is 25.7 Å². The minimum atomic E-state index is -0.149. The van der Waals surface area contributed by atoms with Gasteiger partial charge in [-0.25, -0.2) is 0 Å². The van der Waals surface area contributed by atoms with Crippen LogP contribution in [0.15, 0.2) is 23.8 Å². The van der Waals surface area contributed by atoms with Gasteiger partial charge >= 0.3 is 5.97 Å². The summed E-state index contributed by atoms with van der Waals surface area (Å²) in [5, 5.41) is 27.1. The zero-order valence-electron chi connectivity index (χ0n) is 14.0. The van der Waals surface area contributed by atoms with Crippen molar-refractivity contribution >= 4 is 17.7 Å². The molecule has 0 unspecified atom stereocenters. The summed E-state index contributed by atoms with van der Waals surface area (Å²) < 4.78 is 5.07. The van der Waals surface area contributed by atoms with Crippen LogP contribution in [0.3, 0.4) is 0 Å². The van der Waals surface area contributed by atoms with Crippen LogP contribution in [-0.2, 0) is 9.53 Å². The smallest absolute Gasteiger partial charge is 0.309 e. The van der Waals surface area contributed by atoms with E-state index in [9.17, 15) is 10.1 Å². The molecule has 126 valence electrons. The predicted molar refractivity (Wildman–Crippen MR) is 91.9 cm³/mol. The first-order chi connectivity index (χ1) is 12.1. The van der Waals surface area contributed by atoms with Crippen molar-refractivity contribution in [3.8, 4) is 18.2 Å². The number of nitrogens with zero attached hydrogens (tertiary/aromatic N) is 4. The van der Waals surface area contributed by atoms with Crippen LogP contribution in [0.25, 0.3) is 6.08 Å². The number of piperidine rings is 1. The van der Waals surface area contributed by atoms with Crippen LogP contribution in [0.5, 0.6) is 0 Å². The van der Waals surface area contributed by atoms with Gasteiger partial charge in [-0.1, -0.05) is 6.07 Å². The van der Waals surface area contributed by atoms with Crippen LogP contribution in [0.2, 0.25) is 0 Å². The number of hydrogen-bond donors (Lipinski definition) is 0. The summed E-state index contributed by atoms with van der Waals surface area (Å²) >= 11 is 0. The second-order valence-corrected chi connectivity index (χ2v) is 5.68. The fraction of sp³-hybridized carbons (Fsp3) is 0.368. The van der Waals surface area contributed by atoms with E-state index < -0.39 is 0 Å². The van der Waals surface area contributed by atoms with E-state index in [2.05, 4.69) is 11.0 Å². The Labute approximate surface area is 147 Å². The Kier molecular flexibility index (Phi) is 6.15. The largest absolute Gasteiger partial charge is 0.466 e. The lowest BCUT2D eigenvalue weighted by atomic mass is 9.95. The standard InChI is InChI=1S/C19H18N4O2/c1-2-25-19(24)16-5-7-23(8-6-16)18-4-3-14(10-17(18)13-22)9-15(11-20)12-21/h3-4,9-10,16H,2,5-8H2,1H3. The summed E-state index contributed by atoms with van der Waals surface area (Å²) in [6.07, 6.45) is 2.84. The van der Waals surface area contributed by atoms with E-state index in [-0.39, 0.29) is 17.5 Å². The number of carbonyl (C=O) groups excluding carboxylic acids is 1. The summed E-state index contributed by atoms with van der Waals surface area (Å²) in [5.41, 5.74) is 1.92. The molecular formula is C19H18N4O2. The van der Waals surface area contributed by atoms with Gasteiger partial charge in [0.15, 0.2) is 0 Å². The van der Waals surface area contributed by atoms with E-state index in [0.717, 1.165) is 5.69 Å². The zero-order chi connectivity index (χ0) is 18.2. The van der Waals surface area contributed by atoms with Crippen LogP contribution in [0.1, 0.15) is 30.9 Å². The second kappa shape index (κ2) is 8.52. The number of esters is 1. The molecule has 1 fully saturated rings. The molecule has 0 aliphatic carbocycles. The van der Waals surface area contributed by atoms with Crippen molar-refractivity contribution in [1.29, 1.82) is 15.8 Å². The highest BCUT2D eigenvalue weighted by atomic mass is 16.5. The fourth-order valence-electron chi connectivity index (χ4n) is 2.88. The molecule has 1 aromatic carbocycles. The Hall–Kier alpha value is -3.30. The number of allylic oxidation sites excluding steroid dienone is 1. The molecule has 1 aromatic rings. The maximum atomic E-state index is 11.8. The molecule has 2 rings (SSSR count). The topological polar surface area (TPSA) is 101 Å². The van der Waals surface area contributed by atoms with Crippen LogP contribution in [0.4, 0.5) is 5.69 Å². The molecule has 6 heteroatoms. The van der Waals surface area contributed by atoms with Crippen molar-refractivity contribution in [1.82, 2.24) is 0 Å². The Morgan fingerprint density at radius 2 is 1.96 bits per heavy atom. The number of ether oxygens (including phenoxy) is 1. The number of nitriles is 3. The van der Waals surface area contributed by atoms with Crippen molar-refractivity contribution in [3.05, 3.63) is 34.9 Å². The van der Waals surface area contributed by atoms with Gasteiger partial charge in [-0.05, 0) is 43.5 Å². The lowest BCUT2D eigenvalue weighted by Crippen LogP contribution is -2.37. The third-order valence-electron chi connectivity index (χ3n) is 4.15. The van der Waals surface area contributed by atoms with E-state index in [4.69, 9.17) is 15.3 Å².